The van der Waals surface area contributed by atoms with Crippen LogP contribution in [0.4, 0.5) is 11.4 Å². The van der Waals surface area contributed by atoms with E-state index >= 15 is 0 Å². The lowest BCUT2D eigenvalue weighted by Crippen LogP contribution is -2.19. The number of anilines is 2. The smallest absolute Gasteiger partial charge is 0.141 e. The normalized spacial score (nSPS) is 18.1. The van der Waals surface area contributed by atoms with Gasteiger partial charge in [-0.1, -0.05) is 140 Å². The minimum atomic E-state index is 0.0651. The number of ether oxygens (including phenoxy) is 1. The third-order valence-electron chi connectivity index (χ3n) is 14.8. The Morgan fingerprint density at radius 1 is 0.348 bits per heavy atom. The molecule has 4 aliphatic heterocycles. The summed E-state index contributed by atoms with van der Waals surface area (Å²) in [6.45, 7) is 0. The predicted molar refractivity (Wildman–Crippen MR) is 287 cm³/mol. The van der Waals surface area contributed by atoms with E-state index in [1.54, 1.807) is 0 Å². The van der Waals surface area contributed by atoms with Crippen LogP contribution < -0.4 is 9.64 Å². The van der Waals surface area contributed by atoms with E-state index in [0.29, 0.717) is 0 Å². The summed E-state index contributed by atoms with van der Waals surface area (Å²) in [4.78, 5) is 5.33. The standard InChI is InChI=1S/C64H42N2OS2/c1-4-14-39(15-5-1)45-32-46(40-16-6-2-7-17-40)34-48(33-45)66-57-30-26-43(37-53(57)63-61(66)49-20-10-12-22-59(49)68-63)41-24-28-55-51(35-41)52-36-42(25-29-56(52)65(55)47-18-8-3-9-19-47)44-27-31-58-54(38-44)64-62(67-58)50-21-11-13-23-60(50)69-64/h1-38,61-64H. The average molecular weight is 919 g/mol. The van der Waals surface area contributed by atoms with Crippen molar-refractivity contribution in [2.45, 2.75) is 32.4 Å². The Balaban J connectivity index is 0.864. The first kappa shape index (κ1) is 39.3. The van der Waals surface area contributed by atoms with Gasteiger partial charge >= 0.3 is 0 Å². The van der Waals surface area contributed by atoms with Gasteiger partial charge in [-0.3, -0.25) is 0 Å². The molecule has 0 N–H and O–H groups in total. The van der Waals surface area contributed by atoms with Gasteiger partial charge in [0.15, 0.2) is 0 Å². The summed E-state index contributed by atoms with van der Waals surface area (Å²) in [6, 6.07) is 85.7. The van der Waals surface area contributed by atoms with E-state index in [0.717, 1.165) is 11.4 Å². The fraction of sp³-hybridized carbons (Fsp3) is 0.0625. The summed E-state index contributed by atoms with van der Waals surface area (Å²) in [5.74, 6) is 1.00. The molecule has 326 valence electrons. The lowest BCUT2D eigenvalue weighted by atomic mass is 9.96. The summed E-state index contributed by atoms with van der Waals surface area (Å²) < 4.78 is 9.02. The maximum atomic E-state index is 6.59. The molecule has 0 aliphatic carbocycles. The van der Waals surface area contributed by atoms with Crippen LogP contribution in [0.15, 0.2) is 240 Å². The van der Waals surface area contributed by atoms with Gasteiger partial charge in [-0.15, -0.1) is 23.5 Å². The molecule has 1 aromatic heterocycles. The molecule has 0 amide bonds. The molecule has 0 bridgehead atoms. The summed E-state index contributed by atoms with van der Waals surface area (Å²) in [5.41, 5.74) is 21.1. The highest BCUT2D eigenvalue weighted by Crippen LogP contribution is 2.65. The van der Waals surface area contributed by atoms with Gasteiger partial charge in [0.25, 0.3) is 0 Å². The zero-order valence-electron chi connectivity index (χ0n) is 37.4. The molecule has 4 atom stereocenters. The molecule has 69 heavy (non-hydrogen) atoms. The number of thioether (sulfide) groups is 2. The van der Waals surface area contributed by atoms with Crippen LogP contribution in [-0.2, 0) is 0 Å². The Kier molecular flexibility index (Phi) is 8.78. The van der Waals surface area contributed by atoms with E-state index in [-0.39, 0.29) is 22.6 Å². The molecule has 0 saturated heterocycles. The molecule has 11 aromatic rings. The molecule has 4 aliphatic rings. The summed E-state index contributed by atoms with van der Waals surface area (Å²) in [5, 5.41) is 3.00. The van der Waals surface area contributed by atoms with Gasteiger partial charge in [0, 0.05) is 48.8 Å². The molecular formula is C64H42N2OS2. The van der Waals surface area contributed by atoms with Gasteiger partial charge in [0.1, 0.15) is 11.9 Å². The highest BCUT2D eigenvalue weighted by Gasteiger charge is 2.46. The summed E-state index contributed by atoms with van der Waals surface area (Å²) in [7, 11) is 0. The number of benzene rings is 10. The SMILES string of the molecule is c1ccc(-c2cc(-c3ccccc3)cc(N3c4ccc(-c5ccc6c(c5)c5cc(-c7ccc8c(c7)C7Sc9ccccc9C7O8)ccc5n6-c5ccccc5)cc4C4Sc5ccccc5C43)c2)cc1. The predicted octanol–water partition coefficient (Wildman–Crippen LogP) is 17.8. The maximum Gasteiger partial charge on any atom is 0.141 e. The van der Waals surface area contributed by atoms with Gasteiger partial charge in [0.2, 0.25) is 0 Å². The number of rotatable bonds is 6. The van der Waals surface area contributed by atoms with Gasteiger partial charge in [0.05, 0.1) is 27.6 Å². The van der Waals surface area contributed by atoms with Crippen LogP contribution >= 0.6 is 23.5 Å². The molecule has 5 heteroatoms. The Morgan fingerprint density at radius 2 is 0.870 bits per heavy atom. The fourth-order valence-corrected chi connectivity index (χ4v) is 14.5. The minimum Gasteiger partial charge on any atom is -0.484 e. The molecule has 0 saturated carbocycles. The first-order valence-corrected chi connectivity index (χ1v) is 25.6. The van der Waals surface area contributed by atoms with Crippen molar-refractivity contribution in [1.29, 1.82) is 0 Å². The largest absolute Gasteiger partial charge is 0.484 e. The molecule has 0 radical (unpaired) electrons. The number of para-hydroxylation sites is 1. The number of fused-ring (bicyclic) bond motifs is 13. The van der Waals surface area contributed by atoms with Crippen LogP contribution in [0.25, 0.3) is 72.0 Å². The first-order chi connectivity index (χ1) is 34.2. The second kappa shape index (κ2) is 15.4. The lowest BCUT2D eigenvalue weighted by Gasteiger charge is -2.29. The lowest BCUT2D eigenvalue weighted by molar-refractivity contribution is 0.237. The van der Waals surface area contributed by atoms with Crippen molar-refractivity contribution in [3.05, 3.63) is 253 Å². The van der Waals surface area contributed by atoms with Crippen molar-refractivity contribution in [1.82, 2.24) is 4.57 Å². The van der Waals surface area contributed by atoms with Crippen LogP contribution in [0.3, 0.4) is 0 Å². The number of hydrogen-bond acceptors (Lipinski definition) is 4. The third-order valence-corrected chi connectivity index (χ3v) is 17.6. The van der Waals surface area contributed by atoms with Gasteiger partial charge in [-0.2, -0.15) is 0 Å². The zero-order valence-corrected chi connectivity index (χ0v) is 39.0. The van der Waals surface area contributed by atoms with E-state index in [4.69, 9.17) is 4.74 Å². The van der Waals surface area contributed by atoms with Crippen molar-refractivity contribution >= 4 is 56.7 Å². The number of hydrogen-bond donors (Lipinski definition) is 0. The molecular weight excluding hydrogens is 877 g/mol. The van der Waals surface area contributed by atoms with E-state index in [1.807, 2.05) is 23.5 Å². The molecule has 3 nitrogen and oxygen atoms in total. The molecule has 4 unspecified atom stereocenters. The van der Waals surface area contributed by atoms with E-state index < -0.39 is 0 Å². The van der Waals surface area contributed by atoms with Crippen LogP contribution in [0.5, 0.6) is 5.75 Å². The van der Waals surface area contributed by atoms with Gasteiger partial charge in [-0.25, -0.2) is 0 Å². The highest BCUT2D eigenvalue weighted by molar-refractivity contribution is 8.00. The first-order valence-electron chi connectivity index (χ1n) is 23.8. The monoisotopic (exact) mass is 918 g/mol. The minimum absolute atomic E-state index is 0.0651. The zero-order chi connectivity index (χ0) is 45.2. The van der Waals surface area contributed by atoms with Crippen molar-refractivity contribution in [3.63, 3.8) is 0 Å². The van der Waals surface area contributed by atoms with E-state index in [9.17, 15) is 0 Å². The second-order valence-corrected chi connectivity index (χ2v) is 21.0. The van der Waals surface area contributed by atoms with E-state index in [2.05, 4.69) is 240 Å². The van der Waals surface area contributed by atoms with Crippen molar-refractivity contribution in [3.8, 4) is 55.9 Å². The van der Waals surface area contributed by atoms with Crippen LogP contribution in [0.2, 0.25) is 0 Å². The highest BCUT2D eigenvalue weighted by atomic mass is 32.2. The molecule has 0 fully saturated rings. The number of nitrogens with zero attached hydrogens (tertiary/aromatic N) is 2. The van der Waals surface area contributed by atoms with Crippen molar-refractivity contribution in [2.24, 2.45) is 0 Å². The van der Waals surface area contributed by atoms with Crippen LogP contribution in [0.1, 0.15) is 44.9 Å². The maximum absolute atomic E-state index is 6.59. The van der Waals surface area contributed by atoms with Crippen molar-refractivity contribution < 1.29 is 4.74 Å². The molecule has 0 spiro atoms. The Hall–Kier alpha value is -7.70. The quantitative estimate of drug-likeness (QED) is 0.165. The summed E-state index contributed by atoms with van der Waals surface area (Å²) >= 11 is 3.95. The number of aromatic nitrogens is 1. The Morgan fingerprint density at radius 3 is 1.54 bits per heavy atom. The second-order valence-electron chi connectivity index (χ2n) is 18.7. The molecule has 15 rings (SSSR count). The molecule has 10 aromatic carbocycles. The van der Waals surface area contributed by atoms with Gasteiger partial charge in [-0.05, 0) is 147 Å². The fourth-order valence-electron chi connectivity index (χ4n) is 11.6. The third kappa shape index (κ3) is 6.17. The van der Waals surface area contributed by atoms with Crippen molar-refractivity contribution in [2.75, 3.05) is 4.90 Å². The van der Waals surface area contributed by atoms with Crippen LogP contribution in [0, 0.1) is 0 Å². The average Bonchev–Trinajstić information content (AvgIpc) is 4.22. The molecule has 5 heterocycles. The summed E-state index contributed by atoms with van der Waals surface area (Å²) in [6.07, 6.45) is 0.0651. The van der Waals surface area contributed by atoms with Crippen LogP contribution in [-0.4, -0.2) is 4.57 Å². The van der Waals surface area contributed by atoms with E-state index in [1.165, 1.54) is 110 Å². The Labute approximate surface area is 409 Å². The topological polar surface area (TPSA) is 17.4 Å². The Bertz CT molecular complexity index is 3810. The van der Waals surface area contributed by atoms with Gasteiger partial charge < -0.3 is 14.2 Å².